The molecule has 1 unspecified atom stereocenters. The van der Waals surface area contributed by atoms with Gasteiger partial charge in [0.1, 0.15) is 5.54 Å². The van der Waals surface area contributed by atoms with Crippen molar-refractivity contribution >= 4 is 0 Å². The first kappa shape index (κ1) is 13.8. The lowest BCUT2D eigenvalue weighted by atomic mass is 9.90. The van der Waals surface area contributed by atoms with Crippen molar-refractivity contribution in [2.75, 3.05) is 13.2 Å². The maximum absolute atomic E-state index is 9.24. The Bertz CT molecular complexity index is 289. The molecule has 3 nitrogen and oxygen atoms in total. The van der Waals surface area contributed by atoms with E-state index in [1.165, 1.54) is 44.9 Å². The van der Waals surface area contributed by atoms with Crippen molar-refractivity contribution in [2.24, 2.45) is 5.92 Å². The van der Waals surface area contributed by atoms with Crippen molar-refractivity contribution in [1.29, 1.82) is 5.26 Å². The van der Waals surface area contributed by atoms with Gasteiger partial charge in [-0.15, -0.1) is 0 Å². The first-order valence-corrected chi connectivity index (χ1v) is 7.48. The molecule has 0 heterocycles. The molecule has 2 aliphatic carbocycles. The molecule has 2 aliphatic rings. The molecule has 0 aromatic carbocycles. The molecular formula is C15H26N2O. The van der Waals surface area contributed by atoms with Gasteiger partial charge in [0, 0.05) is 25.7 Å². The van der Waals surface area contributed by atoms with Crippen molar-refractivity contribution in [3.8, 4) is 6.07 Å². The molecule has 0 aromatic heterocycles. The van der Waals surface area contributed by atoms with E-state index in [0.29, 0.717) is 12.6 Å². The first-order chi connectivity index (χ1) is 8.72. The minimum absolute atomic E-state index is 0.395. The van der Waals surface area contributed by atoms with E-state index in [9.17, 15) is 5.26 Å². The van der Waals surface area contributed by atoms with Crippen molar-refractivity contribution in [3.63, 3.8) is 0 Å². The summed E-state index contributed by atoms with van der Waals surface area (Å²) in [6.45, 7) is 3.60. The molecule has 18 heavy (non-hydrogen) atoms. The highest BCUT2D eigenvalue weighted by atomic mass is 16.5. The van der Waals surface area contributed by atoms with Gasteiger partial charge in [0.15, 0.2) is 0 Å². The van der Waals surface area contributed by atoms with Crippen LogP contribution < -0.4 is 5.32 Å². The average molecular weight is 250 g/mol. The van der Waals surface area contributed by atoms with Gasteiger partial charge in [-0.05, 0) is 38.5 Å². The van der Waals surface area contributed by atoms with Crippen LogP contribution in [-0.4, -0.2) is 24.8 Å². The summed E-state index contributed by atoms with van der Waals surface area (Å²) in [5.41, 5.74) is -0.395. The summed E-state index contributed by atoms with van der Waals surface area (Å²) in [6, 6.07) is 2.97. The molecule has 0 spiro atoms. The topological polar surface area (TPSA) is 45.0 Å². The molecule has 3 heteroatoms. The third-order valence-electron chi connectivity index (χ3n) is 4.17. The number of nitrogens with one attached hydrogen (secondary N) is 1. The van der Waals surface area contributed by atoms with Crippen molar-refractivity contribution < 1.29 is 4.74 Å². The molecule has 1 atom stereocenters. The number of hydrogen-bond donors (Lipinski definition) is 1. The maximum atomic E-state index is 9.24. The molecule has 2 saturated carbocycles. The zero-order valence-electron chi connectivity index (χ0n) is 11.6. The second-order valence-electron chi connectivity index (χ2n) is 6.19. The molecule has 0 aliphatic heterocycles. The number of hydrogen-bond acceptors (Lipinski definition) is 3. The van der Waals surface area contributed by atoms with Crippen LogP contribution in [0.5, 0.6) is 0 Å². The quantitative estimate of drug-likeness (QED) is 0.706. The molecule has 0 amide bonds. The van der Waals surface area contributed by atoms with Gasteiger partial charge in [-0.1, -0.05) is 19.3 Å². The fourth-order valence-corrected chi connectivity index (χ4v) is 2.72. The van der Waals surface area contributed by atoms with Gasteiger partial charge in [-0.2, -0.15) is 5.26 Å². The van der Waals surface area contributed by atoms with Gasteiger partial charge in [0.05, 0.1) is 6.07 Å². The van der Waals surface area contributed by atoms with Crippen LogP contribution in [0.15, 0.2) is 0 Å². The summed E-state index contributed by atoms with van der Waals surface area (Å²) < 4.78 is 5.78. The monoisotopic (exact) mass is 250 g/mol. The average Bonchev–Trinajstić information content (AvgIpc) is 3.20. The Labute approximate surface area is 111 Å². The van der Waals surface area contributed by atoms with Crippen molar-refractivity contribution in [1.82, 2.24) is 5.32 Å². The highest BCUT2D eigenvalue weighted by molar-refractivity contribution is 5.06. The lowest BCUT2D eigenvalue weighted by Gasteiger charge is -2.25. The van der Waals surface area contributed by atoms with Crippen LogP contribution in [0.25, 0.3) is 0 Å². The Morgan fingerprint density at radius 1 is 1.22 bits per heavy atom. The predicted molar refractivity (Wildman–Crippen MR) is 72.2 cm³/mol. The Hall–Kier alpha value is -0.590. The summed E-state index contributed by atoms with van der Waals surface area (Å²) in [4.78, 5) is 0. The predicted octanol–water partition coefficient (Wildman–Crippen LogP) is 3.01. The van der Waals surface area contributed by atoms with E-state index in [-0.39, 0.29) is 0 Å². The van der Waals surface area contributed by atoms with E-state index in [1.807, 2.05) is 6.92 Å². The SMILES string of the molecule is CC(C#N)(CCOCC1CCCCC1)NC1CC1. The van der Waals surface area contributed by atoms with Crippen LogP contribution >= 0.6 is 0 Å². The van der Waals surface area contributed by atoms with Gasteiger partial charge in [0.25, 0.3) is 0 Å². The number of nitrogens with zero attached hydrogens (tertiary/aromatic N) is 1. The lowest BCUT2D eigenvalue weighted by molar-refractivity contribution is 0.0748. The van der Waals surface area contributed by atoms with Gasteiger partial charge in [-0.25, -0.2) is 0 Å². The minimum atomic E-state index is -0.395. The second kappa shape index (κ2) is 6.54. The summed E-state index contributed by atoms with van der Waals surface area (Å²) >= 11 is 0. The molecule has 1 N–H and O–H groups in total. The van der Waals surface area contributed by atoms with Crippen molar-refractivity contribution in [2.45, 2.75) is 69.9 Å². The third-order valence-corrected chi connectivity index (χ3v) is 4.17. The molecule has 102 valence electrons. The molecule has 2 fully saturated rings. The molecule has 0 radical (unpaired) electrons. The minimum Gasteiger partial charge on any atom is -0.381 e. The first-order valence-electron chi connectivity index (χ1n) is 7.48. The molecule has 0 bridgehead atoms. The van der Waals surface area contributed by atoms with E-state index in [1.54, 1.807) is 0 Å². The molecule has 0 aromatic rings. The third kappa shape index (κ3) is 4.59. The van der Waals surface area contributed by atoms with Gasteiger partial charge >= 0.3 is 0 Å². The van der Waals surface area contributed by atoms with Crippen LogP contribution in [0.3, 0.4) is 0 Å². The van der Waals surface area contributed by atoms with Crippen LogP contribution in [0.2, 0.25) is 0 Å². The van der Waals surface area contributed by atoms with Crippen LogP contribution in [0.4, 0.5) is 0 Å². The molecular weight excluding hydrogens is 224 g/mol. The normalized spacial score (nSPS) is 24.4. The van der Waals surface area contributed by atoms with E-state index in [0.717, 1.165) is 18.9 Å². The summed E-state index contributed by atoms with van der Waals surface area (Å²) in [5, 5.41) is 12.7. The Morgan fingerprint density at radius 2 is 1.94 bits per heavy atom. The Morgan fingerprint density at radius 3 is 2.56 bits per heavy atom. The molecule has 2 rings (SSSR count). The van der Waals surface area contributed by atoms with Crippen LogP contribution in [0, 0.1) is 17.2 Å². The number of rotatable bonds is 7. The highest BCUT2D eigenvalue weighted by Crippen LogP contribution is 2.25. The Kier molecular flexibility index (Phi) is 5.03. The highest BCUT2D eigenvalue weighted by Gasteiger charge is 2.32. The summed E-state index contributed by atoms with van der Waals surface area (Å²) in [7, 11) is 0. The smallest absolute Gasteiger partial charge is 0.106 e. The van der Waals surface area contributed by atoms with Gasteiger partial charge in [-0.3, -0.25) is 5.32 Å². The fraction of sp³-hybridized carbons (Fsp3) is 0.933. The molecule has 0 saturated heterocycles. The summed E-state index contributed by atoms with van der Waals surface area (Å²) in [6.07, 6.45) is 10.0. The van der Waals surface area contributed by atoms with Crippen LogP contribution in [0.1, 0.15) is 58.3 Å². The largest absolute Gasteiger partial charge is 0.381 e. The summed E-state index contributed by atoms with van der Waals surface area (Å²) in [5.74, 6) is 0.767. The van der Waals surface area contributed by atoms with Gasteiger partial charge < -0.3 is 4.74 Å². The lowest BCUT2D eigenvalue weighted by Crippen LogP contribution is -2.43. The maximum Gasteiger partial charge on any atom is 0.106 e. The van der Waals surface area contributed by atoms with Gasteiger partial charge in [0.2, 0.25) is 0 Å². The van der Waals surface area contributed by atoms with Crippen molar-refractivity contribution in [3.05, 3.63) is 0 Å². The standard InChI is InChI=1S/C15H26N2O/c1-15(12-16,17-14-7-8-14)9-10-18-11-13-5-3-2-4-6-13/h13-14,17H,2-11H2,1H3. The zero-order chi connectivity index (χ0) is 12.8. The van der Waals surface area contributed by atoms with E-state index in [2.05, 4.69) is 11.4 Å². The van der Waals surface area contributed by atoms with E-state index < -0.39 is 5.54 Å². The van der Waals surface area contributed by atoms with E-state index in [4.69, 9.17) is 4.74 Å². The zero-order valence-corrected chi connectivity index (χ0v) is 11.6. The fourth-order valence-electron chi connectivity index (χ4n) is 2.72. The second-order valence-corrected chi connectivity index (χ2v) is 6.19. The van der Waals surface area contributed by atoms with E-state index >= 15 is 0 Å². The number of nitriles is 1. The van der Waals surface area contributed by atoms with Crippen LogP contribution in [-0.2, 0) is 4.74 Å². The number of ether oxygens (including phenoxy) is 1. The Balaban J connectivity index is 1.59.